The molecule has 0 saturated carbocycles. The van der Waals surface area contributed by atoms with Crippen molar-refractivity contribution in [2.24, 2.45) is 7.05 Å². The van der Waals surface area contributed by atoms with Crippen LogP contribution < -0.4 is 0 Å². The first kappa shape index (κ1) is 11.7. The van der Waals surface area contributed by atoms with Gasteiger partial charge in [-0.25, -0.2) is 19.0 Å². The van der Waals surface area contributed by atoms with Crippen molar-refractivity contribution in [2.75, 3.05) is 0 Å². The Hall–Kier alpha value is -2.35. The molecule has 7 nitrogen and oxygen atoms in total. The van der Waals surface area contributed by atoms with Gasteiger partial charge in [0.2, 0.25) is 0 Å². The summed E-state index contributed by atoms with van der Waals surface area (Å²) in [6.45, 7) is 1.28. The molecule has 0 unspecified atom stereocenters. The van der Waals surface area contributed by atoms with Crippen molar-refractivity contribution in [2.45, 2.75) is 13.5 Å². The average Bonchev–Trinajstić information content (AvgIpc) is 2.93. The van der Waals surface area contributed by atoms with E-state index in [4.69, 9.17) is 5.11 Å². The number of aromatic nitrogens is 6. The average molecular weight is 262 g/mol. The van der Waals surface area contributed by atoms with Crippen LogP contribution in [0.25, 0.3) is 16.9 Å². The molecule has 0 aliphatic rings. The van der Waals surface area contributed by atoms with Crippen LogP contribution >= 0.6 is 0 Å². The molecule has 0 bridgehead atoms. The zero-order chi connectivity index (χ0) is 13.6. The Labute approximate surface area is 107 Å². The van der Waals surface area contributed by atoms with E-state index < -0.39 is 12.4 Å². The minimum atomic E-state index is -0.573. The van der Waals surface area contributed by atoms with Crippen molar-refractivity contribution < 1.29 is 9.50 Å². The highest BCUT2D eigenvalue weighted by molar-refractivity contribution is 5.82. The van der Waals surface area contributed by atoms with Crippen molar-refractivity contribution in [3.05, 3.63) is 29.7 Å². The maximum Gasteiger partial charge on any atom is 0.168 e. The Kier molecular flexibility index (Phi) is 2.53. The van der Waals surface area contributed by atoms with Gasteiger partial charge in [0, 0.05) is 7.05 Å². The fourth-order valence-electron chi connectivity index (χ4n) is 1.89. The second-order valence-electron chi connectivity index (χ2n) is 4.13. The van der Waals surface area contributed by atoms with Crippen LogP contribution in [0, 0.1) is 12.7 Å². The molecule has 98 valence electrons. The van der Waals surface area contributed by atoms with Gasteiger partial charge in [-0.1, -0.05) is 0 Å². The first-order valence-electron chi connectivity index (χ1n) is 5.61. The van der Waals surface area contributed by atoms with E-state index in [2.05, 4.69) is 20.2 Å². The highest BCUT2D eigenvalue weighted by Gasteiger charge is 2.15. The lowest BCUT2D eigenvalue weighted by atomic mass is 10.4. The third kappa shape index (κ3) is 1.76. The van der Waals surface area contributed by atoms with E-state index in [1.807, 2.05) is 0 Å². The summed E-state index contributed by atoms with van der Waals surface area (Å²) in [5.41, 5.74) is 0.622. The van der Waals surface area contributed by atoms with Crippen molar-refractivity contribution in [1.29, 1.82) is 0 Å². The minimum absolute atomic E-state index is 0.0201. The van der Waals surface area contributed by atoms with E-state index in [9.17, 15) is 4.39 Å². The van der Waals surface area contributed by atoms with Crippen LogP contribution in [0.1, 0.15) is 11.5 Å². The number of hydrogen-bond acceptors (Lipinski definition) is 5. The normalized spacial score (nSPS) is 11.4. The quantitative estimate of drug-likeness (QED) is 0.726. The van der Waals surface area contributed by atoms with Crippen molar-refractivity contribution in [1.82, 2.24) is 29.5 Å². The van der Waals surface area contributed by atoms with Crippen LogP contribution in [0.15, 0.2) is 12.4 Å². The molecule has 0 saturated heterocycles. The summed E-state index contributed by atoms with van der Waals surface area (Å²) in [4.78, 5) is 8.54. The van der Waals surface area contributed by atoms with Gasteiger partial charge in [0.15, 0.2) is 17.3 Å². The summed E-state index contributed by atoms with van der Waals surface area (Å²) >= 11 is 0. The predicted molar refractivity (Wildman–Crippen MR) is 64.0 cm³/mol. The van der Waals surface area contributed by atoms with Gasteiger partial charge in [0.05, 0.1) is 24.4 Å². The summed E-state index contributed by atoms with van der Waals surface area (Å²) in [7, 11) is 1.77. The molecule has 3 heterocycles. The third-order valence-electron chi connectivity index (χ3n) is 2.79. The topological polar surface area (TPSA) is 81.6 Å². The van der Waals surface area contributed by atoms with Crippen LogP contribution in [-0.4, -0.2) is 34.6 Å². The van der Waals surface area contributed by atoms with Gasteiger partial charge < -0.3 is 5.11 Å². The molecule has 0 fully saturated rings. The Morgan fingerprint density at radius 3 is 2.84 bits per heavy atom. The number of rotatable bonds is 2. The van der Waals surface area contributed by atoms with E-state index in [0.29, 0.717) is 22.7 Å². The number of halogens is 1. The van der Waals surface area contributed by atoms with Crippen LogP contribution in [0.4, 0.5) is 4.39 Å². The molecule has 0 amide bonds. The molecule has 0 aromatic carbocycles. The Morgan fingerprint density at radius 2 is 2.16 bits per heavy atom. The van der Waals surface area contributed by atoms with Crippen LogP contribution in [0.2, 0.25) is 0 Å². The molecule has 0 aliphatic heterocycles. The van der Waals surface area contributed by atoms with E-state index in [-0.39, 0.29) is 5.69 Å². The number of nitrogens with zero attached hydrogens (tertiary/aromatic N) is 6. The van der Waals surface area contributed by atoms with Crippen molar-refractivity contribution >= 4 is 11.0 Å². The van der Waals surface area contributed by atoms with Gasteiger partial charge >= 0.3 is 0 Å². The summed E-state index contributed by atoms with van der Waals surface area (Å²) < 4.78 is 16.4. The fraction of sp³-hybridized carbons (Fsp3) is 0.273. The first-order valence-corrected chi connectivity index (χ1v) is 5.61. The second-order valence-corrected chi connectivity index (χ2v) is 4.13. The molecule has 0 atom stereocenters. The number of hydrogen-bond donors (Lipinski definition) is 1. The molecule has 3 aromatic heterocycles. The summed E-state index contributed by atoms with van der Waals surface area (Å²) in [6, 6.07) is 0. The SMILES string of the molecule is Cc1nc(-n2cc(F)c(CO)n2)c2cnn(C)c2n1. The summed E-state index contributed by atoms with van der Waals surface area (Å²) in [6.07, 6.45) is 2.78. The van der Waals surface area contributed by atoms with E-state index >= 15 is 0 Å². The van der Waals surface area contributed by atoms with E-state index in [1.165, 1.54) is 10.9 Å². The van der Waals surface area contributed by atoms with Crippen LogP contribution in [0.3, 0.4) is 0 Å². The molecular formula is C11H11FN6O. The first-order chi connectivity index (χ1) is 9.10. The van der Waals surface area contributed by atoms with Crippen molar-refractivity contribution in [3.8, 4) is 5.82 Å². The lowest BCUT2D eigenvalue weighted by Crippen LogP contribution is -2.04. The molecule has 0 aliphatic carbocycles. The van der Waals surface area contributed by atoms with Gasteiger partial charge in [-0.3, -0.25) is 4.68 Å². The van der Waals surface area contributed by atoms with Gasteiger partial charge in [0.1, 0.15) is 11.5 Å². The van der Waals surface area contributed by atoms with Crippen LogP contribution in [0.5, 0.6) is 0 Å². The minimum Gasteiger partial charge on any atom is -0.390 e. The van der Waals surface area contributed by atoms with E-state index in [1.54, 1.807) is 24.9 Å². The molecule has 0 spiro atoms. The zero-order valence-electron chi connectivity index (χ0n) is 10.4. The number of aryl methyl sites for hydroxylation is 2. The molecular weight excluding hydrogens is 251 g/mol. The Morgan fingerprint density at radius 1 is 1.37 bits per heavy atom. The highest BCUT2D eigenvalue weighted by Crippen LogP contribution is 2.19. The lowest BCUT2D eigenvalue weighted by Gasteiger charge is -2.03. The van der Waals surface area contributed by atoms with Crippen LogP contribution in [-0.2, 0) is 13.7 Å². The third-order valence-corrected chi connectivity index (χ3v) is 2.79. The van der Waals surface area contributed by atoms with Gasteiger partial charge in [0.25, 0.3) is 0 Å². The van der Waals surface area contributed by atoms with Gasteiger partial charge in [-0.15, -0.1) is 0 Å². The van der Waals surface area contributed by atoms with Gasteiger partial charge in [-0.05, 0) is 6.92 Å². The molecule has 1 N–H and O–H groups in total. The maximum atomic E-state index is 13.5. The number of aliphatic hydroxyl groups is 1. The van der Waals surface area contributed by atoms with Crippen molar-refractivity contribution in [3.63, 3.8) is 0 Å². The smallest absolute Gasteiger partial charge is 0.168 e. The highest BCUT2D eigenvalue weighted by atomic mass is 19.1. The zero-order valence-corrected chi connectivity index (χ0v) is 10.4. The molecule has 8 heteroatoms. The lowest BCUT2D eigenvalue weighted by molar-refractivity contribution is 0.270. The monoisotopic (exact) mass is 262 g/mol. The molecule has 3 aromatic rings. The van der Waals surface area contributed by atoms with Gasteiger partial charge in [-0.2, -0.15) is 10.2 Å². The fourth-order valence-corrected chi connectivity index (χ4v) is 1.89. The van der Waals surface area contributed by atoms with E-state index in [0.717, 1.165) is 0 Å². The molecule has 0 radical (unpaired) electrons. The Bertz CT molecular complexity index is 762. The number of aliphatic hydroxyl groups excluding tert-OH is 1. The predicted octanol–water partition coefficient (Wildman–Crippen LogP) is 0.489. The standard InChI is InChI=1S/C11H11FN6O/c1-6-14-10-7(3-13-17(10)2)11(15-6)18-4-8(12)9(5-19)16-18/h3-4,19H,5H2,1-2H3. The number of fused-ring (bicyclic) bond motifs is 1. The summed E-state index contributed by atoms with van der Waals surface area (Å²) in [5.74, 6) is 0.401. The Balaban J connectivity index is 2.29. The molecule has 3 rings (SSSR count). The largest absolute Gasteiger partial charge is 0.390 e. The maximum absolute atomic E-state index is 13.5. The molecule has 19 heavy (non-hydrogen) atoms. The summed E-state index contributed by atoms with van der Waals surface area (Å²) in [5, 5.41) is 17.7. The second kappa shape index (κ2) is 4.09.